The first-order valence-electron chi connectivity index (χ1n) is 4.39. The molecule has 0 aliphatic carbocycles. The van der Waals surface area contributed by atoms with Gasteiger partial charge in [-0.2, -0.15) is 18.2 Å². The van der Waals surface area contributed by atoms with Crippen molar-refractivity contribution in [2.75, 3.05) is 0 Å². The van der Waals surface area contributed by atoms with Crippen LogP contribution in [0.4, 0.5) is 27.6 Å². The number of hydrogen-bond acceptors (Lipinski definition) is 4. The first-order valence-corrected chi connectivity index (χ1v) is 4.39. The van der Waals surface area contributed by atoms with E-state index in [4.69, 9.17) is 10.2 Å². The molecule has 1 aromatic carbocycles. The quantitative estimate of drug-likeness (QED) is 0.511. The van der Waals surface area contributed by atoms with E-state index in [0.717, 1.165) is 18.2 Å². The molecule has 0 radical (unpaired) electrons. The zero-order valence-electron chi connectivity index (χ0n) is 8.96. The number of aliphatic imine (C=N–C) groups is 1. The van der Waals surface area contributed by atoms with Gasteiger partial charge in [0, 0.05) is 5.56 Å². The highest BCUT2D eigenvalue weighted by molar-refractivity contribution is 5.52. The van der Waals surface area contributed by atoms with E-state index in [1.165, 1.54) is 0 Å². The van der Waals surface area contributed by atoms with Crippen molar-refractivity contribution >= 4 is 17.8 Å². The van der Waals surface area contributed by atoms with E-state index < -0.39 is 23.7 Å². The second-order valence-corrected chi connectivity index (χ2v) is 2.88. The maximum absolute atomic E-state index is 12.3. The largest absolute Gasteiger partial charge is 0.416 e. The Kier molecular flexibility index (Phi) is 6.26. The summed E-state index contributed by atoms with van der Waals surface area (Å²) in [6.45, 7) is 0. The van der Waals surface area contributed by atoms with Crippen LogP contribution < -0.4 is 0 Å². The summed E-state index contributed by atoms with van der Waals surface area (Å²) < 4.78 is 61.5. The number of alkyl halides is 5. The summed E-state index contributed by atoms with van der Waals surface area (Å²) in [5, 5.41) is 5.40. The fraction of sp³-hybridized carbons (Fsp3) is 0.200. The Morgan fingerprint density at radius 1 is 1.21 bits per heavy atom. The molecule has 1 aromatic rings. The summed E-state index contributed by atoms with van der Waals surface area (Å²) in [6, 6.07) is 1.79. The van der Waals surface area contributed by atoms with Gasteiger partial charge in [0.25, 0.3) is 6.43 Å². The lowest BCUT2D eigenvalue weighted by atomic mass is 10.1. The van der Waals surface area contributed by atoms with Crippen LogP contribution in [0.5, 0.6) is 0 Å². The van der Waals surface area contributed by atoms with Crippen LogP contribution in [0.1, 0.15) is 17.6 Å². The normalized spacial score (nSPS) is 10.0. The summed E-state index contributed by atoms with van der Waals surface area (Å²) >= 11 is 0. The van der Waals surface area contributed by atoms with Crippen LogP contribution in [-0.4, -0.2) is 12.2 Å². The molecule has 1 N–H and O–H groups in total. The zero-order chi connectivity index (χ0) is 15.1. The van der Waals surface area contributed by atoms with Gasteiger partial charge in [0.05, 0.1) is 11.3 Å². The SMILES string of the molecule is N=C=O.O=C=Nc1ccc(C(F)(F)F)c(C(F)F)c1. The summed E-state index contributed by atoms with van der Waals surface area (Å²) in [5.41, 5.74) is -2.94. The molecule has 1 rings (SSSR count). The molecule has 19 heavy (non-hydrogen) atoms. The Hall–Kier alpha value is -2.37. The molecule has 4 nitrogen and oxygen atoms in total. The van der Waals surface area contributed by atoms with E-state index in [0.29, 0.717) is 12.1 Å². The second kappa shape index (κ2) is 7.15. The van der Waals surface area contributed by atoms with Crippen molar-refractivity contribution in [3.05, 3.63) is 29.3 Å². The highest BCUT2D eigenvalue weighted by atomic mass is 19.4. The van der Waals surface area contributed by atoms with Gasteiger partial charge in [-0.15, -0.1) is 0 Å². The summed E-state index contributed by atoms with van der Waals surface area (Å²) in [7, 11) is 0. The predicted octanol–water partition coefficient (Wildman–Crippen LogP) is 3.51. The number of isocyanates is 2. The van der Waals surface area contributed by atoms with Gasteiger partial charge in [0.1, 0.15) is 0 Å². The number of benzene rings is 1. The van der Waals surface area contributed by atoms with Crippen LogP contribution in [0.2, 0.25) is 0 Å². The minimum atomic E-state index is -4.87. The van der Waals surface area contributed by atoms with Gasteiger partial charge in [0.15, 0.2) is 0 Å². The second-order valence-electron chi connectivity index (χ2n) is 2.88. The Morgan fingerprint density at radius 3 is 2.11 bits per heavy atom. The van der Waals surface area contributed by atoms with Crippen molar-refractivity contribution in [2.24, 2.45) is 4.99 Å². The number of hydrogen-bond donors (Lipinski definition) is 1. The molecule has 0 unspecified atom stereocenters. The summed E-state index contributed by atoms with van der Waals surface area (Å²) in [5.74, 6) is 0. The molecule has 9 heteroatoms. The van der Waals surface area contributed by atoms with Crippen molar-refractivity contribution in [1.82, 2.24) is 0 Å². The molecular formula is C10H5F5N2O2. The smallest absolute Gasteiger partial charge is 0.222 e. The Balaban J connectivity index is 0.000000982. The van der Waals surface area contributed by atoms with Gasteiger partial charge in [-0.25, -0.2) is 23.8 Å². The van der Waals surface area contributed by atoms with Crippen LogP contribution in [-0.2, 0) is 15.8 Å². The predicted molar refractivity (Wildman–Crippen MR) is 52.6 cm³/mol. The Labute approximate surface area is 103 Å². The summed E-state index contributed by atoms with van der Waals surface area (Å²) in [4.78, 5) is 21.1. The summed E-state index contributed by atoms with van der Waals surface area (Å²) in [6.07, 6.45) is -6.35. The minimum absolute atomic E-state index is 0.293. The van der Waals surface area contributed by atoms with E-state index in [-0.39, 0.29) is 5.69 Å². The molecule has 0 saturated carbocycles. The molecule has 0 heterocycles. The number of carbonyl (C=O) groups excluding carboxylic acids is 2. The van der Waals surface area contributed by atoms with Gasteiger partial charge in [-0.3, -0.25) is 0 Å². The van der Waals surface area contributed by atoms with Crippen LogP contribution in [0.15, 0.2) is 23.2 Å². The third-order valence-electron chi connectivity index (χ3n) is 1.75. The van der Waals surface area contributed by atoms with Gasteiger partial charge in [-0.05, 0) is 18.2 Å². The number of nitrogens with one attached hydrogen (secondary N) is 1. The van der Waals surface area contributed by atoms with Gasteiger partial charge < -0.3 is 0 Å². The number of nitrogens with zero attached hydrogens (tertiary/aromatic N) is 1. The molecule has 102 valence electrons. The van der Waals surface area contributed by atoms with Crippen molar-refractivity contribution in [1.29, 1.82) is 5.41 Å². The Bertz CT molecular complexity index is 515. The van der Waals surface area contributed by atoms with E-state index >= 15 is 0 Å². The number of halogens is 5. The fourth-order valence-corrected chi connectivity index (χ4v) is 1.11. The third-order valence-corrected chi connectivity index (χ3v) is 1.75. The molecule has 0 amide bonds. The lowest BCUT2D eigenvalue weighted by Crippen LogP contribution is -2.09. The average molecular weight is 280 g/mol. The van der Waals surface area contributed by atoms with Crippen molar-refractivity contribution in [3.8, 4) is 0 Å². The highest BCUT2D eigenvalue weighted by Gasteiger charge is 2.35. The highest BCUT2D eigenvalue weighted by Crippen LogP contribution is 2.37. The van der Waals surface area contributed by atoms with E-state index in [1.54, 1.807) is 0 Å². The first-order chi connectivity index (χ1) is 8.77. The van der Waals surface area contributed by atoms with E-state index in [1.807, 2.05) is 0 Å². The molecule has 0 aliphatic rings. The topological polar surface area (TPSA) is 70.3 Å². The monoisotopic (exact) mass is 280 g/mol. The van der Waals surface area contributed by atoms with Gasteiger partial charge in [0.2, 0.25) is 12.2 Å². The molecule has 0 bridgehead atoms. The molecule has 0 fully saturated rings. The van der Waals surface area contributed by atoms with Crippen molar-refractivity contribution < 1.29 is 31.5 Å². The Morgan fingerprint density at radius 2 is 1.74 bits per heavy atom. The van der Waals surface area contributed by atoms with Crippen LogP contribution >= 0.6 is 0 Å². The number of rotatable bonds is 2. The van der Waals surface area contributed by atoms with Crippen LogP contribution in [0.3, 0.4) is 0 Å². The molecule has 0 atom stereocenters. The molecular weight excluding hydrogens is 275 g/mol. The third kappa shape index (κ3) is 5.20. The first kappa shape index (κ1) is 16.6. The lowest BCUT2D eigenvalue weighted by Gasteiger charge is -2.12. The average Bonchev–Trinajstić information content (AvgIpc) is 2.29. The van der Waals surface area contributed by atoms with Crippen LogP contribution in [0.25, 0.3) is 0 Å². The van der Waals surface area contributed by atoms with Gasteiger partial charge in [-0.1, -0.05) is 0 Å². The standard InChI is InChI=1S/C9H4F5NO.CHNO/c10-8(11)6-3-5(15-4-16)1-2-7(6)9(12,13)14;2-1-3/h1-3,8H;2H. The zero-order valence-corrected chi connectivity index (χ0v) is 8.96. The maximum Gasteiger partial charge on any atom is 0.416 e. The van der Waals surface area contributed by atoms with E-state index in [2.05, 4.69) is 4.99 Å². The fourth-order valence-electron chi connectivity index (χ4n) is 1.11. The minimum Gasteiger partial charge on any atom is -0.222 e. The van der Waals surface area contributed by atoms with Gasteiger partial charge >= 0.3 is 6.18 Å². The molecule has 0 aliphatic heterocycles. The van der Waals surface area contributed by atoms with Crippen molar-refractivity contribution in [2.45, 2.75) is 12.6 Å². The molecule has 0 saturated heterocycles. The van der Waals surface area contributed by atoms with E-state index in [9.17, 15) is 26.7 Å². The lowest BCUT2D eigenvalue weighted by molar-refractivity contribution is -0.139. The van der Waals surface area contributed by atoms with Crippen molar-refractivity contribution in [3.63, 3.8) is 0 Å². The maximum atomic E-state index is 12.3. The van der Waals surface area contributed by atoms with Crippen LogP contribution in [0, 0.1) is 5.41 Å². The molecule has 0 spiro atoms. The molecule has 0 aromatic heterocycles.